The Bertz CT molecular complexity index is 775. The summed E-state index contributed by atoms with van der Waals surface area (Å²) in [5.41, 5.74) is 0.317. The Kier molecular flexibility index (Phi) is 9.16. The fourth-order valence-electron chi connectivity index (χ4n) is 3.10. The van der Waals surface area contributed by atoms with Crippen molar-refractivity contribution in [2.24, 2.45) is 5.92 Å². The van der Waals surface area contributed by atoms with E-state index in [4.69, 9.17) is 9.47 Å². The van der Waals surface area contributed by atoms with Crippen LogP contribution in [0.15, 0.2) is 29.2 Å². The van der Waals surface area contributed by atoms with Crippen molar-refractivity contribution in [3.63, 3.8) is 0 Å². The minimum absolute atomic E-state index is 0.0435. The summed E-state index contributed by atoms with van der Waals surface area (Å²) in [4.78, 5) is 50.5. The number of carbonyl (C=O) groups is 4. The smallest absolute Gasteiger partial charge is 0.339 e. The van der Waals surface area contributed by atoms with Gasteiger partial charge in [-0.2, -0.15) is 0 Å². The van der Waals surface area contributed by atoms with Gasteiger partial charge >= 0.3 is 11.9 Å². The van der Waals surface area contributed by atoms with Gasteiger partial charge < -0.3 is 19.7 Å². The maximum absolute atomic E-state index is 12.5. The van der Waals surface area contributed by atoms with Crippen LogP contribution in [0.3, 0.4) is 0 Å². The van der Waals surface area contributed by atoms with Crippen molar-refractivity contribution in [3.05, 3.63) is 29.8 Å². The van der Waals surface area contributed by atoms with E-state index in [1.165, 1.54) is 18.9 Å². The summed E-state index contributed by atoms with van der Waals surface area (Å²) >= 11 is 1.24. The Hall–Kier alpha value is -2.55. The van der Waals surface area contributed by atoms with E-state index >= 15 is 0 Å². The van der Waals surface area contributed by atoms with E-state index in [9.17, 15) is 19.2 Å². The first-order valence-corrected chi connectivity index (χ1v) is 10.8. The molecule has 164 valence electrons. The lowest BCUT2D eigenvalue weighted by Gasteiger charge is -2.30. The number of likely N-dealkylation sites (tertiary alicyclic amines) is 1. The van der Waals surface area contributed by atoms with Gasteiger partial charge in [-0.25, -0.2) is 4.79 Å². The molecule has 0 aliphatic carbocycles. The van der Waals surface area contributed by atoms with E-state index in [-0.39, 0.29) is 42.1 Å². The molecule has 1 N–H and O–H groups in total. The molecule has 30 heavy (non-hydrogen) atoms. The lowest BCUT2D eigenvalue weighted by molar-refractivity contribution is -0.149. The van der Waals surface area contributed by atoms with Crippen LogP contribution >= 0.6 is 11.8 Å². The minimum Gasteiger partial charge on any atom is -0.469 e. The first-order chi connectivity index (χ1) is 14.3. The Labute approximate surface area is 180 Å². The second kappa shape index (κ2) is 11.6. The highest BCUT2D eigenvalue weighted by molar-refractivity contribution is 8.00. The quantitative estimate of drug-likeness (QED) is 0.490. The first kappa shape index (κ1) is 23.7. The lowest BCUT2D eigenvalue weighted by atomic mass is 9.97. The van der Waals surface area contributed by atoms with Gasteiger partial charge in [0, 0.05) is 24.0 Å². The number of methoxy groups -OCH3 is 1. The molecule has 0 aromatic heterocycles. The molecule has 0 bridgehead atoms. The standard InChI is InChI=1S/C21H28N2O6S/c1-14(2)22-18(24)13-30-17-7-5-4-6-16(17)21(27)29-12-19(25)23-10-8-15(9-11-23)20(26)28-3/h4-7,14-15H,8-13H2,1-3H3,(H,22,24). The van der Waals surface area contributed by atoms with Gasteiger partial charge in [0.2, 0.25) is 5.91 Å². The van der Waals surface area contributed by atoms with E-state index in [1.54, 1.807) is 29.2 Å². The van der Waals surface area contributed by atoms with Crippen molar-refractivity contribution < 1.29 is 28.7 Å². The third-order valence-corrected chi connectivity index (χ3v) is 5.70. The van der Waals surface area contributed by atoms with Gasteiger partial charge in [0.05, 0.1) is 24.3 Å². The Morgan fingerprint density at radius 3 is 2.47 bits per heavy atom. The number of benzene rings is 1. The molecule has 1 saturated heterocycles. The second-order valence-corrected chi connectivity index (χ2v) is 8.28. The first-order valence-electron chi connectivity index (χ1n) is 9.85. The highest BCUT2D eigenvalue weighted by Crippen LogP contribution is 2.23. The number of carbonyl (C=O) groups excluding carboxylic acids is 4. The molecule has 0 atom stereocenters. The summed E-state index contributed by atoms with van der Waals surface area (Å²) < 4.78 is 9.95. The maximum atomic E-state index is 12.5. The number of hydrogen-bond acceptors (Lipinski definition) is 7. The number of nitrogens with one attached hydrogen (secondary N) is 1. The highest BCUT2D eigenvalue weighted by atomic mass is 32.2. The molecule has 1 fully saturated rings. The lowest BCUT2D eigenvalue weighted by Crippen LogP contribution is -2.42. The molecular formula is C21H28N2O6S. The van der Waals surface area contributed by atoms with Crippen LogP contribution in [0.25, 0.3) is 0 Å². The van der Waals surface area contributed by atoms with Crippen LogP contribution in [0.1, 0.15) is 37.0 Å². The van der Waals surface area contributed by atoms with Gasteiger partial charge in [-0.3, -0.25) is 14.4 Å². The summed E-state index contributed by atoms with van der Waals surface area (Å²) in [6.07, 6.45) is 1.06. The molecule has 1 aromatic carbocycles. The summed E-state index contributed by atoms with van der Waals surface area (Å²) in [6.45, 7) is 4.24. The molecule has 1 aliphatic rings. The number of nitrogens with zero attached hydrogens (tertiary/aromatic N) is 1. The largest absolute Gasteiger partial charge is 0.469 e. The minimum atomic E-state index is -0.611. The zero-order valence-corrected chi connectivity index (χ0v) is 18.3. The normalized spacial score (nSPS) is 14.3. The summed E-state index contributed by atoms with van der Waals surface area (Å²) in [6, 6.07) is 6.87. The van der Waals surface area contributed by atoms with Crippen LogP contribution in [0.2, 0.25) is 0 Å². The van der Waals surface area contributed by atoms with E-state index in [0.717, 1.165) is 0 Å². The number of hydrogen-bond donors (Lipinski definition) is 1. The van der Waals surface area contributed by atoms with Crippen LogP contribution in [0, 0.1) is 5.92 Å². The fourth-order valence-corrected chi connectivity index (χ4v) is 3.95. The zero-order chi connectivity index (χ0) is 22.1. The summed E-state index contributed by atoms with van der Waals surface area (Å²) in [7, 11) is 1.35. The number of rotatable bonds is 8. The number of thioether (sulfide) groups is 1. The van der Waals surface area contributed by atoms with Crippen molar-refractivity contribution in [1.29, 1.82) is 0 Å². The maximum Gasteiger partial charge on any atom is 0.339 e. The molecule has 2 rings (SSSR count). The molecule has 8 nitrogen and oxygen atoms in total. The summed E-state index contributed by atoms with van der Waals surface area (Å²) in [5.74, 6) is -1.31. The highest BCUT2D eigenvalue weighted by Gasteiger charge is 2.28. The Morgan fingerprint density at radius 2 is 1.83 bits per heavy atom. The van der Waals surface area contributed by atoms with E-state index in [1.807, 2.05) is 13.8 Å². The van der Waals surface area contributed by atoms with Gasteiger partial charge in [-0.05, 0) is 38.8 Å². The van der Waals surface area contributed by atoms with Gasteiger partial charge in [0.25, 0.3) is 5.91 Å². The molecule has 0 unspecified atom stereocenters. The Balaban J connectivity index is 1.85. The molecular weight excluding hydrogens is 408 g/mol. The second-order valence-electron chi connectivity index (χ2n) is 7.26. The van der Waals surface area contributed by atoms with Gasteiger partial charge in [0.15, 0.2) is 6.61 Å². The van der Waals surface area contributed by atoms with Gasteiger partial charge in [0.1, 0.15) is 0 Å². The van der Waals surface area contributed by atoms with Crippen LogP contribution in [-0.2, 0) is 23.9 Å². The molecule has 0 spiro atoms. The van der Waals surface area contributed by atoms with E-state index in [2.05, 4.69) is 5.32 Å². The Morgan fingerprint density at radius 1 is 1.17 bits per heavy atom. The van der Waals surface area contributed by atoms with E-state index < -0.39 is 5.97 Å². The van der Waals surface area contributed by atoms with Gasteiger partial charge in [-0.15, -0.1) is 11.8 Å². The number of piperidine rings is 1. The van der Waals surface area contributed by atoms with Crippen molar-refractivity contribution in [2.45, 2.75) is 37.6 Å². The predicted octanol–water partition coefficient (Wildman–Crippen LogP) is 1.87. The molecule has 1 aliphatic heterocycles. The van der Waals surface area contributed by atoms with Crippen molar-refractivity contribution in [3.8, 4) is 0 Å². The number of ether oxygens (including phenoxy) is 2. The van der Waals surface area contributed by atoms with Crippen molar-refractivity contribution in [1.82, 2.24) is 10.2 Å². The molecule has 1 aromatic rings. The van der Waals surface area contributed by atoms with Crippen LogP contribution in [0.5, 0.6) is 0 Å². The number of esters is 2. The molecule has 2 amide bonds. The topological polar surface area (TPSA) is 102 Å². The van der Waals surface area contributed by atoms with E-state index in [0.29, 0.717) is 36.4 Å². The molecule has 1 heterocycles. The SMILES string of the molecule is COC(=O)C1CCN(C(=O)COC(=O)c2ccccc2SCC(=O)NC(C)C)CC1. The van der Waals surface area contributed by atoms with Crippen LogP contribution in [0.4, 0.5) is 0 Å². The predicted molar refractivity (Wildman–Crippen MR) is 112 cm³/mol. The zero-order valence-electron chi connectivity index (χ0n) is 17.5. The van der Waals surface area contributed by atoms with Crippen LogP contribution < -0.4 is 5.32 Å². The molecule has 9 heteroatoms. The van der Waals surface area contributed by atoms with Crippen molar-refractivity contribution in [2.75, 3.05) is 32.6 Å². The molecule has 0 radical (unpaired) electrons. The average molecular weight is 437 g/mol. The fraction of sp³-hybridized carbons (Fsp3) is 0.524. The average Bonchev–Trinajstić information content (AvgIpc) is 2.75. The third kappa shape index (κ3) is 7.05. The third-order valence-electron chi connectivity index (χ3n) is 4.62. The van der Waals surface area contributed by atoms with Gasteiger partial charge in [-0.1, -0.05) is 12.1 Å². The van der Waals surface area contributed by atoms with Crippen molar-refractivity contribution >= 4 is 35.5 Å². The molecule has 0 saturated carbocycles. The summed E-state index contributed by atoms with van der Waals surface area (Å²) in [5, 5.41) is 2.80. The van der Waals surface area contributed by atoms with Crippen LogP contribution in [-0.4, -0.2) is 67.3 Å². The monoisotopic (exact) mass is 436 g/mol. The number of amides is 2.